The average molecular weight is 1340 g/mol. The molecule has 0 unspecified atom stereocenters. The molecule has 0 N–H and O–H groups in total. The molecule has 0 radical (unpaired) electrons. The summed E-state index contributed by atoms with van der Waals surface area (Å²) in [4.78, 5) is 31.0. The van der Waals surface area contributed by atoms with E-state index in [4.69, 9.17) is 38.7 Å². The van der Waals surface area contributed by atoms with Crippen molar-refractivity contribution < 1.29 is 8.83 Å². The van der Waals surface area contributed by atoms with E-state index in [-0.39, 0.29) is 0 Å². The van der Waals surface area contributed by atoms with Crippen LogP contribution in [-0.2, 0) is 0 Å². The molecule has 0 bridgehead atoms. The predicted octanol–water partition coefficient (Wildman–Crippen LogP) is 24.5. The van der Waals surface area contributed by atoms with Crippen LogP contribution in [0.2, 0.25) is 0 Å². The second-order valence-electron chi connectivity index (χ2n) is 26.1. The highest BCUT2D eigenvalue weighted by Gasteiger charge is 2.23. The van der Waals surface area contributed by atoms with E-state index in [0.717, 1.165) is 104 Å². The van der Waals surface area contributed by atoms with Gasteiger partial charge in [0.15, 0.2) is 40.5 Å². The Morgan fingerprint density at radius 2 is 0.598 bits per heavy atom. The molecule has 12 heteroatoms. The molecule has 0 aliphatic carbocycles. The Kier molecular flexibility index (Phi) is 12.3. The first-order chi connectivity index (χ1) is 50.5. The van der Waals surface area contributed by atoms with Gasteiger partial charge in [-0.1, -0.05) is 194 Å². The summed E-state index contributed by atoms with van der Waals surface area (Å²) >= 11 is 3.58. The zero-order valence-electron chi connectivity index (χ0n) is 54.1. The lowest BCUT2D eigenvalue weighted by molar-refractivity contribution is 0.669. The van der Waals surface area contributed by atoms with Crippen molar-refractivity contribution in [3.63, 3.8) is 0 Å². The van der Waals surface area contributed by atoms with Crippen molar-refractivity contribution in [1.82, 2.24) is 39.0 Å². The third-order valence-electron chi connectivity index (χ3n) is 20.2. The highest BCUT2D eigenvalue weighted by Crippen LogP contribution is 2.46. The number of para-hydroxylation sites is 4. The molecule has 0 aliphatic rings. The van der Waals surface area contributed by atoms with E-state index < -0.39 is 0 Å². The molecule has 0 saturated heterocycles. The largest absolute Gasteiger partial charge is 0.456 e. The van der Waals surface area contributed by atoms with Crippen LogP contribution in [-0.4, -0.2) is 39.0 Å². The van der Waals surface area contributed by atoms with Gasteiger partial charge in [-0.25, -0.2) is 29.9 Å². The smallest absolute Gasteiger partial charge is 0.164 e. The summed E-state index contributed by atoms with van der Waals surface area (Å²) in [5.41, 5.74) is 17.4. The van der Waals surface area contributed by atoms with Gasteiger partial charge in [0.2, 0.25) is 0 Å². The normalized spacial score (nSPS) is 12.1. The number of fused-ring (bicyclic) bond motifs is 19. The topological polar surface area (TPSA) is 113 Å². The first-order valence-electron chi connectivity index (χ1n) is 33.9. The number of benzene rings is 14. The van der Waals surface area contributed by atoms with E-state index in [1.54, 1.807) is 11.3 Å². The lowest BCUT2D eigenvalue weighted by Crippen LogP contribution is -2.00. The maximum atomic E-state index is 6.94. The number of nitrogens with zero attached hydrogens (tertiary/aromatic N) is 8. The van der Waals surface area contributed by atoms with E-state index in [9.17, 15) is 0 Å². The van der Waals surface area contributed by atoms with Gasteiger partial charge in [-0.05, 0) is 120 Å². The van der Waals surface area contributed by atoms with Gasteiger partial charge in [0, 0.05) is 123 Å². The van der Waals surface area contributed by atoms with Gasteiger partial charge in [0.25, 0.3) is 0 Å². The molecule has 10 nitrogen and oxygen atoms in total. The molecule has 0 saturated carbocycles. The molecule has 22 rings (SSSR count). The Hall–Kier alpha value is -13.3. The molecule has 22 aromatic rings. The van der Waals surface area contributed by atoms with Crippen LogP contribution in [0.15, 0.2) is 312 Å². The first kappa shape index (κ1) is 56.7. The fraction of sp³-hybridized carbons (Fsp3) is 0. The van der Waals surface area contributed by atoms with Crippen molar-refractivity contribution in [3.05, 3.63) is 303 Å². The zero-order chi connectivity index (χ0) is 66.7. The van der Waals surface area contributed by atoms with Crippen LogP contribution >= 0.6 is 22.7 Å². The number of hydrogen-bond acceptors (Lipinski definition) is 10. The summed E-state index contributed by atoms with van der Waals surface area (Å²) in [6.45, 7) is 0. The summed E-state index contributed by atoms with van der Waals surface area (Å²) in [5, 5.41) is 13.9. The second-order valence-corrected chi connectivity index (χ2v) is 28.2. The highest BCUT2D eigenvalue weighted by atomic mass is 32.1. The zero-order valence-corrected chi connectivity index (χ0v) is 55.7. The van der Waals surface area contributed by atoms with Crippen molar-refractivity contribution in [2.45, 2.75) is 0 Å². The van der Waals surface area contributed by atoms with Crippen LogP contribution in [0.25, 0.3) is 219 Å². The van der Waals surface area contributed by atoms with Crippen LogP contribution in [0.3, 0.4) is 0 Å². The van der Waals surface area contributed by atoms with Gasteiger partial charge in [-0.2, -0.15) is 0 Å². The minimum atomic E-state index is 0.546. The summed E-state index contributed by atoms with van der Waals surface area (Å²) in [5.74, 6) is 3.36. The van der Waals surface area contributed by atoms with Gasteiger partial charge in [-0.15, -0.1) is 22.7 Å². The van der Waals surface area contributed by atoms with Crippen molar-refractivity contribution in [1.29, 1.82) is 0 Å². The summed E-state index contributed by atoms with van der Waals surface area (Å²) in [6, 6.07) is 107. The van der Waals surface area contributed by atoms with Gasteiger partial charge in [0.05, 0.1) is 26.8 Å². The van der Waals surface area contributed by atoms with Gasteiger partial charge >= 0.3 is 0 Å². The lowest BCUT2D eigenvalue weighted by Gasteiger charge is -2.11. The van der Waals surface area contributed by atoms with E-state index in [2.05, 4.69) is 252 Å². The fourth-order valence-corrected chi connectivity index (χ4v) is 17.7. The number of furan rings is 2. The molecule has 0 amide bonds. The fourth-order valence-electron chi connectivity index (χ4n) is 15.4. The van der Waals surface area contributed by atoms with Crippen LogP contribution in [0.5, 0.6) is 0 Å². The number of aromatic nitrogens is 8. The van der Waals surface area contributed by atoms with Gasteiger partial charge in [-0.3, -0.25) is 0 Å². The highest BCUT2D eigenvalue weighted by molar-refractivity contribution is 7.26. The van der Waals surface area contributed by atoms with E-state index >= 15 is 0 Å². The van der Waals surface area contributed by atoms with E-state index in [1.807, 2.05) is 72.0 Å². The molecule has 102 heavy (non-hydrogen) atoms. The van der Waals surface area contributed by atoms with Crippen molar-refractivity contribution in [2.24, 2.45) is 0 Å². The second kappa shape index (κ2) is 22.1. The van der Waals surface area contributed by atoms with E-state index in [0.29, 0.717) is 34.9 Å². The number of hydrogen-bond donors (Lipinski definition) is 0. The maximum Gasteiger partial charge on any atom is 0.164 e. The number of rotatable bonds is 9. The third-order valence-corrected chi connectivity index (χ3v) is 22.6. The van der Waals surface area contributed by atoms with Crippen LogP contribution in [0.4, 0.5) is 0 Å². The van der Waals surface area contributed by atoms with Crippen molar-refractivity contribution in [2.75, 3.05) is 0 Å². The molecule has 14 aromatic carbocycles. The average Bonchev–Trinajstić information content (AvgIpc) is 1.59. The van der Waals surface area contributed by atoms with Gasteiger partial charge in [0.1, 0.15) is 16.7 Å². The summed E-state index contributed by atoms with van der Waals surface area (Å²) in [7, 11) is 0. The lowest BCUT2D eigenvalue weighted by atomic mass is 10.0. The molecular formula is C90H50N8O2S2. The summed E-state index contributed by atoms with van der Waals surface area (Å²) < 4.78 is 23.3. The number of thiophene rings is 2. The predicted molar refractivity (Wildman–Crippen MR) is 420 cm³/mol. The standard InChI is InChI=1S/C90H50N8O2S2/c1-3-16-52(17-4-1)85-91-87(95-89(93-85)57-35-39-66-69-50-82-72(49-79(69)99-77(66)45-57)71-48-60(36-42-80(71)101-82)98-75-28-13-9-24-63(75)64-25-10-14-29-76(64)98)54-32-30-51(31-33-54)55-20-15-21-56(44-55)88-92-86(53-18-5-2-6-19-53)94-90(96-88)58-34-38-65-67-40-41-68-70-47-59(37-43-81(70)102-84(68)83(67)100-78(65)46-58)97-73-26-11-7-22-61(73)62-23-8-12-27-74(62)97/h1-50H. The van der Waals surface area contributed by atoms with E-state index in [1.165, 1.54) is 79.3 Å². The van der Waals surface area contributed by atoms with Gasteiger partial charge < -0.3 is 18.0 Å². The SMILES string of the molecule is c1ccc(-c2nc(-c3ccc(-c4cccc(-c5nc(-c6ccccc6)nc(-c6ccc7c(c6)oc6c7ccc7c8cc(-n9c%10ccccc%10c%10ccccc%109)ccc8sc76)n5)c4)cc3)nc(-c3ccc4c(c3)oc3cc5c(cc34)sc3ccc(-n4c6ccccc6c6ccccc64)cc35)n2)cc1. The molecule has 8 heterocycles. The molecule has 0 fully saturated rings. The van der Waals surface area contributed by atoms with Crippen LogP contribution in [0, 0.1) is 0 Å². The molecular weight excluding hydrogens is 1290 g/mol. The molecule has 8 aromatic heterocycles. The minimum absolute atomic E-state index is 0.546. The van der Waals surface area contributed by atoms with Crippen molar-refractivity contribution in [3.8, 4) is 90.8 Å². The summed E-state index contributed by atoms with van der Waals surface area (Å²) in [6.07, 6.45) is 0. The monoisotopic (exact) mass is 1340 g/mol. The molecule has 0 spiro atoms. The third kappa shape index (κ3) is 8.90. The van der Waals surface area contributed by atoms with Crippen LogP contribution < -0.4 is 0 Å². The Bertz CT molecular complexity index is 7160. The Morgan fingerprint density at radius 3 is 1.15 bits per heavy atom. The first-order valence-corrected chi connectivity index (χ1v) is 35.6. The Labute approximate surface area is 588 Å². The molecule has 0 aliphatic heterocycles. The molecule has 0 atom stereocenters. The molecule has 474 valence electrons. The maximum absolute atomic E-state index is 6.94. The Balaban J connectivity index is 0.586. The Morgan fingerprint density at radius 1 is 0.216 bits per heavy atom. The minimum Gasteiger partial charge on any atom is -0.456 e. The quantitative estimate of drug-likeness (QED) is 0.140. The van der Waals surface area contributed by atoms with Crippen molar-refractivity contribution >= 4 is 151 Å². The van der Waals surface area contributed by atoms with Crippen LogP contribution in [0.1, 0.15) is 0 Å².